The van der Waals surface area contributed by atoms with Gasteiger partial charge in [-0.25, -0.2) is 19.2 Å². The Labute approximate surface area is 320 Å². The number of hydrogen-bond donors (Lipinski definition) is 6. The molecule has 0 atom stereocenters. The van der Waals surface area contributed by atoms with Crippen LogP contribution in [0.3, 0.4) is 0 Å². The molecule has 19 heteroatoms. The first-order valence-electron chi connectivity index (χ1n) is 15.1. The number of para-hydroxylation sites is 2. The van der Waals surface area contributed by atoms with Crippen LogP contribution in [-0.2, 0) is 12.4 Å². The minimum atomic E-state index is -4.66. The lowest BCUT2D eigenvalue weighted by atomic mass is 10.1. The SMILES string of the molecule is O=C(Nc1cc(C(F)(F)F)ccc1Cl)Nc1ccccc1C(=O)O.O=C(Nc1ccc(Br)cc1)Nc1cc(C(F)(F)F)ccc1Oc1ccccc1C(=O)O. The van der Waals surface area contributed by atoms with Gasteiger partial charge in [0.2, 0.25) is 0 Å². The van der Waals surface area contributed by atoms with Crippen LogP contribution in [0.25, 0.3) is 0 Å². The summed E-state index contributed by atoms with van der Waals surface area (Å²) in [4.78, 5) is 46.7. The van der Waals surface area contributed by atoms with Crippen LogP contribution in [0.5, 0.6) is 11.5 Å². The zero-order chi connectivity index (χ0) is 40.5. The first-order chi connectivity index (χ1) is 25.8. The van der Waals surface area contributed by atoms with Crippen LogP contribution in [0.1, 0.15) is 31.8 Å². The van der Waals surface area contributed by atoms with Gasteiger partial charge in [0.25, 0.3) is 0 Å². The van der Waals surface area contributed by atoms with E-state index in [-0.39, 0.29) is 44.7 Å². The Balaban J connectivity index is 0.000000253. The number of urea groups is 2. The van der Waals surface area contributed by atoms with E-state index in [0.29, 0.717) is 17.8 Å². The summed E-state index contributed by atoms with van der Waals surface area (Å²) in [6, 6.07) is 21.0. The highest BCUT2D eigenvalue weighted by molar-refractivity contribution is 9.10. The number of rotatable bonds is 8. The van der Waals surface area contributed by atoms with Crippen molar-refractivity contribution in [2.24, 2.45) is 0 Å². The van der Waals surface area contributed by atoms with Gasteiger partial charge in [-0.1, -0.05) is 51.8 Å². The third-order valence-electron chi connectivity index (χ3n) is 6.94. The highest BCUT2D eigenvalue weighted by Gasteiger charge is 2.32. The zero-order valence-electron chi connectivity index (χ0n) is 27.4. The Morgan fingerprint density at radius 2 is 1.05 bits per heavy atom. The van der Waals surface area contributed by atoms with Crippen molar-refractivity contribution in [3.63, 3.8) is 0 Å². The molecule has 0 saturated heterocycles. The molecule has 0 spiro atoms. The van der Waals surface area contributed by atoms with Crippen molar-refractivity contribution in [1.29, 1.82) is 0 Å². The Morgan fingerprint density at radius 3 is 1.65 bits per heavy atom. The van der Waals surface area contributed by atoms with E-state index < -0.39 is 47.5 Å². The molecule has 5 aromatic carbocycles. The molecule has 286 valence electrons. The normalized spacial score (nSPS) is 11.0. The van der Waals surface area contributed by atoms with E-state index in [4.69, 9.17) is 21.4 Å². The Morgan fingerprint density at radius 1 is 0.564 bits per heavy atom. The third-order valence-corrected chi connectivity index (χ3v) is 7.80. The van der Waals surface area contributed by atoms with Crippen LogP contribution in [0.15, 0.2) is 114 Å². The lowest BCUT2D eigenvalue weighted by Gasteiger charge is -2.16. The van der Waals surface area contributed by atoms with Crippen LogP contribution in [0.4, 0.5) is 58.7 Å². The van der Waals surface area contributed by atoms with Crippen molar-refractivity contribution in [2.45, 2.75) is 12.4 Å². The van der Waals surface area contributed by atoms with Crippen LogP contribution in [0, 0.1) is 0 Å². The number of anilines is 4. The summed E-state index contributed by atoms with van der Waals surface area (Å²) in [6.45, 7) is 0. The van der Waals surface area contributed by atoms with Gasteiger partial charge < -0.3 is 36.2 Å². The van der Waals surface area contributed by atoms with Gasteiger partial charge >= 0.3 is 36.4 Å². The number of alkyl halides is 6. The van der Waals surface area contributed by atoms with Crippen molar-refractivity contribution in [2.75, 3.05) is 21.3 Å². The third kappa shape index (κ3) is 11.9. The molecular weight excluding hydrogens is 830 g/mol. The van der Waals surface area contributed by atoms with E-state index in [1.807, 2.05) is 0 Å². The van der Waals surface area contributed by atoms with Gasteiger partial charge in [-0.05, 0) is 84.9 Å². The van der Waals surface area contributed by atoms with Crippen LogP contribution in [-0.4, -0.2) is 34.2 Å². The second-order valence-electron chi connectivity index (χ2n) is 10.8. The van der Waals surface area contributed by atoms with Crippen LogP contribution < -0.4 is 26.0 Å². The van der Waals surface area contributed by atoms with Gasteiger partial charge in [-0.2, -0.15) is 26.3 Å². The van der Waals surface area contributed by atoms with Crippen molar-refractivity contribution in [3.8, 4) is 11.5 Å². The standard InChI is InChI=1S/C21H14BrF3N2O4.C15H10ClF3N2O3/c22-13-6-8-14(9-7-13)26-20(30)27-16-11-12(21(23,24)25)5-10-18(16)31-17-4-2-1-3-15(17)19(28)29;16-10-6-5-8(15(17,18)19)7-12(10)21-14(24)20-11-4-2-1-3-9(11)13(22)23/h1-11H,(H,28,29)(H2,26,27,30);1-7H,(H,22,23)(H2,20,21,24). The molecule has 0 unspecified atom stereocenters. The number of carboxylic acids is 2. The fraction of sp³-hybridized carbons (Fsp3) is 0.0556. The van der Waals surface area contributed by atoms with Gasteiger partial charge in [0.15, 0.2) is 5.75 Å². The van der Waals surface area contributed by atoms with Gasteiger partial charge in [-0.3, -0.25) is 0 Å². The van der Waals surface area contributed by atoms with Gasteiger partial charge in [0, 0.05) is 10.2 Å². The Kier molecular flexibility index (Phi) is 13.4. The lowest BCUT2D eigenvalue weighted by Crippen LogP contribution is -2.21. The highest BCUT2D eigenvalue weighted by atomic mass is 79.9. The molecule has 0 saturated carbocycles. The molecule has 5 rings (SSSR count). The van der Waals surface area contributed by atoms with E-state index >= 15 is 0 Å². The molecule has 0 aromatic heterocycles. The molecule has 6 N–H and O–H groups in total. The van der Waals surface area contributed by atoms with E-state index in [9.17, 15) is 50.6 Å². The summed E-state index contributed by atoms with van der Waals surface area (Å²) in [6.07, 6.45) is -9.25. The average Bonchev–Trinajstić information content (AvgIpc) is 3.10. The minimum absolute atomic E-state index is 0.00871. The van der Waals surface area contributed by atoms with E-state index in [0.717, 1.165) is 28.7 Å². The monoisotopic (exact) mass is 852 g/mol. The average molecular weight is 854 g/mol. The Bertz CT molecular complexity index is 2220. The number of benzene rings is 5. The second kappa shape index (κ2) is 17.7. The summed E-state index contributed by atoms with van der Waals surface area (Å²) < 4.78 is 83.9. The summed E-state index contributed by atoms with van der Waals surface area (Å²) >= 11 is 9.03. The number of nitrogens with one attached hydrogen (secondary N) is 4. The largest absolute Gasteiger partial charge is 0.478 e. The molecule has 0 aliphatic heterocycles. The first-order valence-corrected chi connectivity index (χ1v) is 16.3. The molecule has 0 aliphatic rings. The van der Waals surface area contributed by atoms with Gasteiger partial charge in [-0.15, -0.1) is 0 Å². The predicted octanol–water partition coefficient (Wildman–Crippen LogP) is 11.3. The highest BCUT2D eigenvalue weighted by Crippen LogP contribution is 2.38. The van der Waals surface area contributed by atoms with Crippen LogP contribution in [0.2, 0.25) is 5.02 Å². The maximum atomic E-state index is 13.2. The molecule has 0 heterocycles. The molecular formula is C36H24BrClF6N4O7. The van der Waals surface area contributed by atoms with Crippen molar-refractivity contribution in [1.82, 2.24) is 0 Å². The number of amides is 4. The number of carbonyl (C=O) groups excluding carboxylic acids is 2. The molecule has 0 aliphatic carbocycles. The summed E-state index contributed by atoms with van der Waals surface area (Å²) in [5, 5.41) is 27.4. The van der Waals surface area contributed by atoms with E-state index in [1.165, 1.54) is 48.5 Å². The number of carbonyl (C=O) groups is 4. The second-order valence-corrected chi connectivity index (χ2v) is 12.1. The zero-order valence-corrected chi connectivity index (χ0v) is 29.7. The maximum Gasteiger partial charge on any atom is 0.416 e. The molecule has 4 amide bonds. The molecule has 55 heavy (non-hydrogen) atoms. The van der Waals surface area contributed by atoms with E-state index in [1.54, 1.807) is 24.3 Å². The van der Waals surface area contributed by atoms with Crippen molar-refractivity contribution < 1.29 is 60.5 Å². The number of halogens is 8. The Hall–Kier alpha value is -6.27. The molecule has 0 bridgehead atoms. The smallest absolute Gasteiger partial charge is 0.416 e. The summed E-state index contributed by atoms with van der Waals surface area (Å²) in [5.74, 6) is -2.79. The number of carboxylic acid groups (broad SMARTS) is 2. The van der Waals surface area contributed by atoms with Crippen molar-refractivity contribution >= 4 is 74.3 Å². The topological polar surface area (TPSA) is 166 Å². The fourth-order valence-corrected chi connectivity index (χ4v) is 4.84. The quantitative estimate of drug-likeness (QED) is 0.0845. The number of aromatic carboxylic acids is 2. The summed E-state index contributed by atoms with van der Waals surface area (Å²) in [5.41, 5.74) is -2.48. The minimum Gasteiger partial charge on any atom is -0.478 e. The first kappa shape index (κ1) is 41.5. The lowest BCUT2D eigenvalue weighted by molar-refractivity contribution is -0.138. The van der Waals surface area contributed by atoms with Gasteiger partial charge in [0.05, 0.1) is 38.8 Å². The van der Waals surface area contributed by atoms with Gasteiger partial charge in [0.1, 0.15) is 11.3 Å². The summed E-state index contributed by atoms with van der Waals surface area (Å²) in [7, 11) is 0. The molecule has 11 nitrogen and oxygen atoms in total. The number of ether oxygens (including phenoxy) is 1. The molecule has 0 radical (unpaired) electrons. The number of hydrogen-bond acceptors (Lipinski definition) is 5. The van der Waals surface area contributed by atoms with Crippen molar-refractivity contribution in [3.05, 3.63) is 141 Å². The predicted molar refractivity (Wildman–Crippen MR) is 194 cm³/mol. The molecule has 0 fully saturated rings. The van der Waals surface area contributed by atoms with Crippen LogP contribution >= 0.6 is 27.5 Å². The van der Waals surface area contributed by atoms with E-state index in [2.05, 4.69) is 37.2 Å². The fourth-order valence-electron chi connectivity index (χ4n) is 4.41. The molecule has 5 aromatic rings. The maximum absolute atomic E-state index is 13.2.